The molecule has 0 saturated heterocycles. The zero-order valence-corrected chi connectivity index (χ0v) is 10.6. The van der Waals surface area contributed by atoms with Crippen molar-refractivity contribution in [2.24, 2.45) is 0 Å². The van der Waals surface area contributed by atoms with Gasteiger partial charge in [0, 0.05) is 23.6 Å². The maximum Gasteiger partial charge on any atom is 0.128 e. The van der Waals surface area contributed by atoms with E-state index in [2.05, 4.69) is 11.9 Å². The van der Waals surface area contributed by atoms with Gasteiger partial charge in [0.25, 0.3) is 0 Å². The fraction of sp³-hybridized carbons (Fsp3) is 0.385. The predicted octanol–water partition coefficient (Wildman–Crippen LogP) is 1.35. The van der Waals surface area contributed by atoms with Crippen LogP contribution in [0, 0.1) is 0 Å². The Morgan fingerprint density at radius 3 is 3.00 bits per heavy atom. The van der Waals surface area contributed by atoms with Crippen LogP contribution in [0.2, 0.25) is 5.02 Å². The second-order valence-electron chi connectivity index (χ2n) is 3.71. The zero-order chi connectivity index (χ0) is 12.5. The van der Waals surface area contributed by atoms with Crippen molar-refractivity contribution in [3.8, 4) is 5.75 Å². The fourth-order valence-electron chi connectivity index (χ4n) is 1.49. The molecular weight excluding hydrogens is 238 g/mol. The molecule has 0 heterocycles. The van der Waals surface area contributed by atoms with Crippen LogP contribution in [-0.2, 0) is 6.54 Å². The maximum atomic E-state index is 8.70. The number of quaternary nitrogens is 1. The first-order chi connectivity index (χ1) is 8.27. The van der Waals surface area contributed by atoms with Gasteiger partial charge in [-0.25, -0.2) is 0 Å². The van der Waals surface area contributed by atoms with Gasteiger partial charge in [-0.1, -0.05) is 24.3 Å². The number of aliphatic hydroxyl groups is 1. The second kappa shape index (κ2) is 8.12. The Morgan fingerprint density at radius 1 is 1.47 bits per heavy atom. The molecule has 0 aliphatic heterocycles. The largest absolute Gasteiger partial charge is 0.489 e. The molecule has 3 nitrogen and oxygen atoms in total. The Balaban J connectivity index is 2.59. The molecule has 0 radical (unpaired) electrons. The van der Waals surface area contributed by atoms with E-state index in [0.29, 0.717) is 11.6 Å². The molecule has 0 unspecified atom stereocenters. The number of hydrogen-bond donors (Lipinski definition) is 2. The van der Waals surface area contributed by atoms with Crippen LogP contribution in [0.1, 0.15) is 12.0 Å². The number of nitrogens with two attached hydrogens (primary N) is 1. The third-order valence-corrected chi connectivity index (χ3v) is 2.54. The molecule has 1 aromatic rings. The lowest BCUT2D eigenvalue weighted by Crippen LogP contribution is -2.82. The molecule has 0 amide bonds. The average molecular weight is 257 g/mol. The van der Waals surface area contributed by atoms with E-state index in [1.807, 2.05) is 18.2 Å². The summed E-state index contributed by atoms with van der Waals surface area (Å²) in [6.45, 7) is 6.03. The zero-order valence-electron chi connectivity index (χ0n) is 9.86. The molecule has 94 valence electrons. The Hall–Kier alpha value is -1.03. The Labute approximate surface area is 107 Å². The molecule has 0 bridgehead atoms. The van der Waals surface area contributed by atoms with Crippen LogP contribution in [0.3, 0.4) is 0 Å². The van der Waals surface area contributed by atoms with E-state index in [4.69, 9.17) is 21.4 Å². The van der Waals surface area contributed by atoms with Gasteiger partial charge in [-0.05, 0) is 18.2 Å². The van der Waals surface area contributed by atoms with Gasteiger partial charge in [0.15, 0.2) is 0 Å². The first kappa shape index (κ1) is 14.0. The van der Waals surface area contributed by atoms with Crippen LogP contribution < -0.4 is 10.1 Å². The summed E-state index contributed by atoms with van der Waals surface area (Å²) in [5.74, 6) is 0.842. The predicted molar refractivity (Wildman–Crippen MR) is 69.3 cm³/mol. The molecule has 17 heavy (non-hydrogen) atoms. The van der Waals surface area contributed by atoms with E-state index in [1.54, 1.807) is 6.08 Å². The Morgan fingerprint density at radius 2 is 2.29 bits per heavy atom. The third-order valence-electron chi connectivity index (χ3n) is 2.31. The quantitative estimate of drug-likeness (QED) is 0.545. The summed E-state index contributed by atoms with van der Waals surface area (Å²) >= 11 is 5.96. The normalized spacial score (nSPS) is 10.2. The van der Waals surface area contributed by atoms with Crippen molar-refractivity contribution in [3.05, 3.63) is 41.4 Å². The van der Waals surface area contributed by atoms with Gasteiger partial charge in [0.1, 0.15) is 18.9 Å². The lowest BCUT2D eigenvalue weighted by atomic mass is 10.2. The van der Waals surface area contributed by atoms with E-state index >= 15 is 0 Å². The van der Waals surface area contributed by atoms with Crippen molar-refractivity contribution in [1.82, 2.24) is 0 Å². The van der Waals surface area contributed by atoms with Crippen molar-refractivity contribution in [3.63, 3.8) is 0 Å². The highest BCUT2D eigenvalue weighted by atomic mass is 35.5. The number of ether oxygens (including phenoxy) is 1. The lowest BCUT2D eigenvalue weighted by Gasteiger charge is -2.09. The molecule has 4 heteroatoms. The highest BCUT2D eigenvalue weighted by Gasteiger charge is 2.06. The first-order valence-corrected chi connectivity index (χ1v) is 6.10. The summed E-state index contributed by atoms with van der Waals surface area (Å²) in [6.07, 6.45) is 2.51. The van der Waals surface area contributed by atoms with Gasteiger partial charge in [-0.3, -0.25) is 0 Å². The molecule has 1 rings (SSSR count). The minimum absolute atomic E-state index is 0.228. The Kier molecular flexibility index (Phi) is 6.70. The van der Waals surface area contributed by atoms with Crippen LogP contribution in [0.25, 0.3) is 0 Å². The molecule has 0 saturated carbocycles. The van der Waals surface area contributed by atoms with Crippen molar-refractivity contribution in [1.29, 1.82) is 0 Å². The molecule has 0 spiro atoms. The monoisotopic (exact) mass is 256 g/mol. The summed E-state index contributed by atoms with van der Waals surface area (Å²) in [5, 5.41) is 11.5. The van der Waals surface area contributed by atoms with E-state index in [-0.39, 0.29) is 6.61 Å². The molecule has 0 aromatic heterocycles. The number of rotatable bonds is 8. The Bertz CT molecular complexity index is 355. The topological polar surface area (TPSA) is 46.1 Å². The molecule has 0 aliphatic rings. The highest BCUT2D eigenvalue weighted by Crippen LogP contribution is 2.22. The molecule has 1 aromatic carbocycles. The fourth-order valence-corrected chi connectivity index (χ4v) is 1.68. The third kappa shape index (κ3) is 5.22. The molecule has 3 N–H and O–H groups in total. The highest BCUT2D eigenvalue weighted by molar-refractivity contribution is 6.30. The summed E-state index contributed by atoms with van der Waals surface area (Å²) in [7, 11) is 0. The van der Waals surface area contributed by atoms with Crippen molar-refractivity contribution in [2.75, 3.05) is 19.8 Å². The SMILES string of the molecule is C=CCOc1ccc(Cl)cc1C[NH2+]CCCO. The van der Waals surface area contributed by atoms with Crippen molar-refractivity contribution in [2.45, 2.75) is 13.0 Å². The van der Waals surface area contributed by atoms with Crippen LogP contribution in [0.5, 0.6) is 5.75 Å². The van der Waals surface area contributed by atoms with Crippen molar-refractivity contribution < 1.29 is 15.2 Å². The smallest absolute Gasteiger partial charge is 0.128 e. The second-order valence-corrected chi connectivity index (χ2v) is 4.15. The van der Waals surface area contributed by atoms with Gasteiger partial charge >= 0.3 is 0 Å². The average Bonchev–Trinajstić information content (AvgIpc) is 2.33. The van der Waals surface area contributed by atoms with Crippen molar-refractivity contribution >= 4 is 11.6 Å². The molecule has 0 fully saturated rings. The van der Waals surface area contributed by atoms with E-state index in [0.717, 1.165) is 30.8 Å². The van der Waals surface area contributed by atoms with E-state index in [1.165, 1.54) is 0 Å². The van der Waals surface area contributed by atoms with Gasteiger partial charge < -0.3 is 15.2 Å². The minimum Gasteiger partial charge on any atom is -0.489 e. The maximum absolute atomic E-state index is 8.70. The number of benzene rings is 1. The van der Waals surface area contributed by atoms with Gasteiger partial charge in [-0.15, -0.1) is 0 Å². The standard InChI is InChI=1S/C13H18ClNO2/c1-2-8-17-13-5-4-12(14)9-11(13)10-15-6-3-7-16/h2,4-5,9,15-16H,1,3,6-8,10H2/p+1. The number of hydrogen-bond acceptors (Lipinski definition) is 2. The molecule has 0 atom stereocenters. The summed E-state index contributed by atoms with van der Waals surface area (Å²) < 4.78 is 5.55. The van der Waals surface area contributed by atoms with Crippen LogP contribution in [-0.4, -0.2) is 24.9 Å². The van der Waals surface area contributed by atoms with Crippen LogP contribution in [0.15, 0.2) is 30.9 Å². The molecular formula is C13H19ClNO2+. The molecule has 0 aliphatic carbocycles. The van der Waals surface area contributed by atoms with Crippen LogP contribution in [0.4, 0.5) is 0 Å². The summed E-state index contributed by atoms with van der Waals surface area (Å²) in [5.41, 5.74) is 1.07. The summed E-state index contributed by atoms with van der Waals surface area (Å²) in [4.78, 5) is 0. The minimum atomic E-state index is 0.228. The van der Waals surface area contributed by atoms with Gasteiger partial charge in [0.2, 0.25) is 0 Å². The lowest BCUT2D eigenvalue weighted by molar-refractivity contribution is -0.671. The van der Waals surface area contributed by atoms with Crippen LogP contribution >= 0.6 is 11.6 Å². The first-order valence-electron chi connectivity index (χ1n) is 5.72. The van der Waals surface area contributed by atoms with Gasteiger partial charge in [0.05, 0.1) is 6.54 Å². The number of halogens is 1. The number of aliphatic hydroxyl groups excluding tert-OH is 1. The van der Waals surface area contributed by atoms with E-state index in [9.17, 15) is 0 Å². The van der Waals surface area contributed by atoms with Gasteiger partial charge in [-0.2, -0.15) is 0 Å². The summed E-state index contributed by atoms with van der Waals surface area (Å²) in [6, 6.07) is 5.60. The van der Waals surface area contributed by atoms with E-state index < -0.39 is 0 Å².